The van der Waals surface area contributed by atoms with Crippen molar-refractivity contribution in [2.75, 3.05) is 6.54 Å². The molecule has 1 unspecified atom stereocenters. The first-order valence-corrected chi connectivity index (χ1v) is 8.94. The van der Waals surface area contributed by atoms with Crippen molar-refractivity contribution in [3.8, 4) is 0 Å². The maximum absolute atomic E-state index is 13.5. The van der Waals surface area contributed by atoms with Crippen LogP contribution in [0.5, 0.6) is 0 Å². The van der Waals surface area contributed by atoms with Crippen molar-refractivity contribution in [2.45, 2.75) is 25.7 Å². The Labute approximate surface area is 133 Å². The molecule has 118 valence electrons. The second kappa shape index (κ2) is 6.94. The second-order valence-corrected chi connectivity index (χ2v) is 8.07. The van der Waals surface area contributed by atoms with E-state index >= 15 is 0 Å². The predicted octanol–water partition coefficient (Wildman–Crippen LogP) is 3.43. The molecule has 4 nitrogen and oxygen atoms in total. The molecule has 21 heavy (non-hydrogen) atoms. The van der Waals surface area contributed by atoms with Gasteiger partial charge in [0.05, 0.1) is 10.6 Å². The van der Waals surface area contributed by atoms with Gasteiger partial charge in [-0.05, 0) is 24.0 Å². The number of halogens is 3. The van der Waals surface area contributed by atoms with E-state index in [1.54, 1.807) is 0 Å². The third-order valence-electron chi connectivity index (χ3n) is 3.25. The van der Waals surface area contributed by atoms with Gasteiger partial charge in [-0.25, -0.2) is 12.8 Å². The molecule has 0 bridgehead atoms. The molecular weight excluding hydrogens is 340 g/mol. The van der Waals surface area contributed by atoms with Gasteiger partial charge in [0.15, 0.2) is 0 Å². The first kappa shape index (κ1) is 18.2. The lowest BCUT2D eigenvalue weighted by Gasteiger charge is -2.16. The van der Waals surface area contributed by atoms with Crippen LogP contribution in [0.25, 0.3) is 0 Å². The number of nitrogens with one attached hydrogen (secondary N) is 1. The van der Waals surface area contributed by atoms with Crippen LogP contribution < -0.4 is 5.32 Å². The fraction of sp³-hybridized carbons (Fsp3) is 0.462. The minimum absolute atomic E-state index is 0.131. The number of rotatable bonds is 5. The van der Waals surface area contributed by atoms with E-state index in [1.807, 2.05) is 20.8 Å². The Morgan fingerprint density at radius 1 is 1.33 bits per heavy atom. The molecule has 0 spiro atoms. The molecule has 0 saturated carbocycles. The van der Waals surface area contributed by atoms with Crippen molar-refractivity contribution in [1.82, 2.24) is 5.32 Å². The minimum atomic E-state index is -4.29. The quantitative estimate of drug-likeness (QED) is 0.823. The van der Waals surface area contributed by atoms with Crippen LogP contribution in [0.15, 0.2) is 17.0 Å². The highest BCUT2D eigenvalue weighted by Gasteiger charge is 2.22. The summed E-state index contributed by atoms with van der Waals surface area (Å²) in [5.74, 6) is -1.08. The van der Waals surface area contributed by atoms with Crippen molar-refractivity contribution in [3.05, 3.63) is 28.5 Å². The number of hydrogen-bond acceptors (Lipinski definition) is 3. The Balaban J connectivity index is 3.05. The van der Waals surface area contributed by atoms with Crippen LogP contribution in [-0.2, 0) is 9.05 Å². The molecule has 0 saturated heterocycles. The Bertz CT molecular complexity index is 647. The van der Waals surface area contributed by atoms with Crippen molar-refractivity contribution < 1.29 is 17.6 Å². The Morgan fingerprint density at radius 2 is 1.90 bits per heavy atom. The normalized spacial score (nSPS) is 13.3. The third-order valence-corrected chi connectivity index (χ3v) is 4.90. The summed E-state index contributed by atoms with van der Waals surface area (Å²) in [6, 6.07) is 1.60. The van der Waals surface area contributed by atoms with E-state index in [4.69, 9.17) is 22.3 Å². The van der Waals surface area contributed by atoms with Crippen molar-refractivity contribution in [1.29, 1.82) is 0 Å². The fourth-order valence-electron chi connectivity index (χ4n) is 1.47. The Morgan fingerprint density at radius 3 is 2.38 bits per heavy atom. The summed E-state index contributed by atoms with van der Waals surface area (Å²) in [6.45, 7) is 6.39. The molecule has 0 aliphatic carbocycles. The van der Waals surface area contributed by atoms with Crippen LogP contribution in [0.4, 0.5) is 4.39 Å². The number of amides is 1. The molecule has 1 amide bonds. The van der Waals surface area contributed by atoms with Gasteiger partial charge in [0.25, 0.3) is 15.0 Å². The molecule has 0 aliphatic rings. The van der Waals surface area contributed by atoms with Gasteiger partial charge in [0.1, 0.15) is 10.7 Å². The lowest BCUT2D eigenvalue weighted by Crippen LogP contribution is -2.30. The largest absolute Gasteiger partial charge is 0.352 e. The summed E-state index contributed by atoms with van der Waals surface area (Å²) in [6.07, 6.45) is 0. The summed E-state index contributed by atoms with van der Waals surface area (Å²) in [4.78, 5) is 11.3. The number of carbonyl (C=O) groups excluding carboxylic acids is 1. The highest BCUT2D eigenvalue weighted by molar-refractivity contribution is 8.13. The second-order valence-electron chi connectivity index (χ2n) is 5.13. The molecule has 0 fully saturated rings. The Kier molecular flexibility index (Phi) is 6.01. The van der Waals surface area contributed by atoms with Gasteiger partial charge >= 0.3 is 0 Å². The topological polar surface area (TPSA) is 63.2 Å². The molecule has 1 rings (SSSR count). The first-order chi connectivity index (χ1) is 9.54. The van der Waals surface area contributed by atoms with E-state index in [0.717, 1.165) is 12.1 Å². The lowest BCUT2D eigenvalue weighted by atomic mass is 9.98. The maximum Gasteiger partial charge on any atom is 0.264 e. The highest BCUT2D eigenvalue weighted by Crippen LogP contribution is 2.26. The Hall–Kier alpha value is -0.850. The van der Waals surface area contributed by atoms with Crippen LogP contribution in [0.2, 0.25) is 5.02 Å². The molecule has 1 aromatic rings. The van der Waals surface area contributed by atoms with Crippen LogP contribution >= 0.6 is 22.3 Å². The van der Waals surface area contributed by atoms with Crippen molar-refractivity contribution in [3.63, 3.8) is 0 Å². The summed E-state index contributed by atoms with van der Waals surface area (Å²) >= 11 is 5.79. The zero-order valence-corrected chi connectivity index (χ0v) is 14.1. The monoisotopic (exact) mass is 355 g/mol. The van der Waals surface area contributed by atoms with Gasteiger partial charge in [-0.15, -0.1) is 0 Å². The van der Waals surface area contributed by atoms with Crippen LogP contribution in [-0.4, -0.2) is 20.9 Å². The summed E-state index contributed by atoms with van der Waals surface area (Å²) in [5.41, 5.74) is -0.131. The standard InChI is InChI=1S/C13H16Cl2FNO3S/c1-7(2)8(3)6-17-13(18)9-4-12(21(15,19)20)11(16)5-10(9)14/h4-5,7-8H,6H2,1-3H3,(H,17,18). The smallest absolute Gasteiger partial charge is 0.264 e. The van der Waals surface area contributed by atoms with Crippen molar-refractivity contribution >= 4 is 37.2 Å². The molecule has 8 heteroatoms. The maximum atomic E-state index is 13.5. The first-order valence-electron chi connectivity index (χ1n) is 6.26. The van der Waals surface area contributed by atoms with Gasteiger partial charge in [0.2, 0.25) is 0 Å². The molecule has 1 aromatic carbocycles. The average molecular weight is 356 g/mol. The SMILES string of the molecule is CC(C)C(C)CNC(=O)c1cc(S(=O)(=O)Cl)c(F)cc1Cl. The van der Waals surface area contributed by atoms with Gasteiger partial charge in [-0.2, -0.15) is 0 Å². The van der Waals surface area contributed by atoms with Gasteiger partial charge in [-0.1, -0.05) is 32.4 Å². The van der Waals surface area contributed by atoms with E-state index in [9.17, 15) is 17.6 Å². The van der Waals surface area contributed by atoms with Gasteiger partial charge in [-0.3, -0.25) is 4.79 Å². The summed E-state index contributed by atoms with van der Waals surface area (Å²) < 4.78 is 36.0. The van der Waals surface area contributed by atoms with E-state index in [-0.39, 0.29) is 16.5 Å². The van der Waals surface area contributed by atoms with Gasteiger partial charge in [0, 0.05) is 17.2 Å². The van der Waals surface area contributed by atoms with Crippen LogP contribution in [0.3, 0.4) is 0 Å². The van der Waals surface area contributed by atoms with Crippen molar-refractivity contribution in [2.24, 2.45) is 11.8 Å². The highest BCUT2D eigenvalue weighted by atomic mass is 35.7. The van der Waals surface area contributed by atoms with E-state index in [1.165, 1.54) is 0 Å². The molecule has 0 aliphatic heterocycles. The third kappa shape index (κ3) is 4.83. The molecule has 0 heterocycles. The number of benzene rings is 1. The van der Waals surface area contributed by atoms with Crippen LogP contribution in [0, 0.1) is 17.7 Å². The zero-order chi connectivity index (χ0) is 16.4. The predicted molar refractivity (Wildman–Crippen MR) is 80.8 cm³/mol. The molecule has 0 aromatic heterocycles. The van der Waals surface area contributed by atoms with Gasteiger partial charge < -0.3 is 5.32 Å². The van der Waals surface area contributed by atoms with E-state index < -0.39 is 25.7 Å². The van der Waals surface area contributed by atoms with Crippen LogP contribution in [0.1, 0.15) is 31.1 Å². The molecule has 1 N–H and O–H groups in total. The fourth-order valence-corrected chi connectivity index (χ4v) is 2.62. The molecule has 0 radical (unpaired) electrons. The number of carbonyl (C=O) groups is 1. The number of hydrogen-bond donors (Lipinski definition) is 1. The molecular formula is C13H16Cl2FNO3S. The van der Waals surface area contributed by atoms with E-state index in [0.29, 0.717) is 12.5 Å². The molecule has 1 atom stereocenters. The summed E-state index contributed by atoms with van der Waals surface area (Å²) in [7, 11) is 0.827. The zero-order valence-electron chi connectivity index (χ0n) is 11.8. The summed E-state index contributed by atoms with van der Waals surface area (Å²) in [5, 5.41) is 2.46. The lowest BCUT2D eigenvalue weighted by molar-refractivity contribution is 0.0945. The average Bonchev–Trinajstić information content (AvgIpc) is 2.33. The minimum Gasteiger partial charge on any atom is -0.352 e. The van der Waals surface area contributed by atoms with E-state index in [2.05, 4.69) is 5.32 Å².